The zero-order valence-electron chi connectivity index (χ0n) is 21.6. The van der Waals surface area contributed by atoms with Crippen LogP contribution in [0.2, 0.25) is 15.1 Å². The molecule has 3 aromatic rings. The van der Waals surface area contributed by atoms with Crippen molar-refractivity contribution in [3.05, 3.63) is 93.4 Å². The molecule has 1 unspecified atom stereocenters. The number of nitrogens with one attached hydrogen (secondary N) is 1. The first-order chi connectivity index (χ1) is 18.6. The summed E-state index contributed by atoms with van der Waals surface area (Å²) in [6.07, 6.45) is 1.67. The Morgan fingerprint density at radius 1 is 0.923 bits per heavy atom. The lowest BCUT2D eigenvalue weighted by Gasteiger charge is -2.32. The Labute approximate surface area is 244 Å². The van der Waals surface area contributed by atoms with E-state index in [1.54, 1.807) is 61.5 Å². The minimum Gasteiger partial charge on any atom is -0.354 e. The molecule has 1 N–H and O–H groups in total. The van der Waals surface area contributed by atoms with Gasteiger partial charge in [-0.05, 0) is 55.3 Å². The fourth-order valence-corrected chi connectivity index (χ4v) is 6.05. The summed E-state index contributed by atoms with van der Waals surface area (Å²) in [6, 6.07) is 18.1. The Morgan fingerprint density at radius 3 is 2.23 bits per heavy atom. The summed E-state index contributed by atoms with van der Waals surface area (Å²) in [5, 5.41) is 3.73. The number of anilines is 1. The molecule has 0 aromatic heterocycles. The van der Waals surface area contributed by atoms with E-state index in [1.807, 2.05) is 6.92 Å². The maximum absolute atomic E-state index is 13.9. The lowest BCUT2D eigenvalue weighted by Crippen LogP contribution is -2.51. The second-order valence-electron chi connectivity index (χ2n) is 8.85. The molecule has 208 valence electrons. The van der Waals surface area contributed by atoms with Gasteiger partial charge >= 0.3 is 0 Å². The predicted octanol–water partition coefficient (Wildman–Crippen LogP) is 6.18. The van der Waals surface area contributed by atoms with Crippen molar-refractivity contribution >= 4 is 62.3 Å². The third kappa shape index (κ3) is 7.88. The van der Waals surface area contributed by atoms with Crippen molar-refractivity contribution in [3.63, 3.8) is 0 Å². The predicted molar refractivity (Wildman–Crippen MR) is 157 cm³/mol. The molecule has 0 aliphatic rings. The van der Waals surface area contributed by atoms with Crippen LogP contribution in [0, 0.1) is 0 Å². The first kappa shape index (κ1) is 30.8. The van der Waals surface area contributed by atoms with Gasteiger partial charge in [-0.1, -0.05) is 84.5 Å². The minimum atomic E-state index is -4.20. The normalized spacial score (nSPS) is 12.0. The molecule has 0 saturated heterocycles. The molecular weight excluding hydrogens is 581 g/mol. The second-order valence-corrected chi connectivity index (χ2v) is 12.0. The average Bonchev–Trinajstić information content (AvgIpc) is 2.92. The zero-order valence-corrected chi connectivity index (χ0v) is 24.7. The largest absolute Gasteiger partial charge is 0.354 e. The van der Waals surface area contributed by atoms with Crippen molar-refractivity contribution in [2.75, 3.05) is 17.4 Å². The van der Waals surface area contributed by atoms with Gasteiger partial charge in [-0.25, -0.2) is 8.42 Å². The molecule has 3 rings (SSSR count). The van der Waals surface area contributed by atoms with Crippen LogP contribution in [0.4, 0.5) is 5.69 Å². The number of para-hydroxylation sites is 1. The van der Waals surface area contributed by atoms with Gasteiger partial charge in [-0.15, -0.1) is 0 Å². The summed E-state index contributed by atoms with van der Waals surface area (Å²) < 4.78 is 28.5. The van der Waals surface area contributed by atoms with Gasteiger partial charge < -0.3 is 10.2 Å². The van der Waals surface area contributed by atoms with Crippen molar-refractivity contribution in [2.45, 2.75) is 44.2 Å². The summed E-state index contributed by atoms with van der Waals surface area (Å²) in [7, 11) is -4.20. The van der Waals surface area contributed by atoms with Gasteiger partial charge in [0.05, 0.1) is 15.6 Å². The number of halogens is 3. The van der Waals surface area contributed by atoms with Crippen LogP contribution < -0.4 is 9.62 Å². The number of benzene rings is 3. The lowest BCUT2D eigenvalue weighted by molar-refractivity contribution is -0.139. The lowest BCUT2D eigenvalue weighted by atomic mass is 10.1. The van der Waals surface area contributed by atoms with Crippen molar-refractivity contribution in [2.24, 2.45) is 0 Å². The van der Waals surface area contributed by atoms with E-state index in [4.69, 9.17) is 34.8 Å². The van der Waals surface area contributed by atoms with Gasteiger partial charge in [-0.2, -0.15) is 0 Å². The Morgan fingerprint density at radius 2 is 1.59 bits per heavy atom. The van der Waals surface area contributed by atoms with E-state index < -0.39 is 28.5 Å². The summed E-state index contributed by atoms with van der Waals surface area (Å²) in [6.45, 7) is 3.41. The van der Waals surface area contributed by atoms with Crippen LogP contribution in [0.1, 0.15) is 32.3 Å². The Balaban J connectivity index is 2.02. The Bertz CT molecular complexity index is 1400. The van der Waals surface area contributed by atoms with Crippen LogP contribution in [0.25, 0.3) is 0 Å². The molecule has 0 aliphatic carbocycles. The molecule has 0 aliphatic heterocycles. The SMILES string of the molecule is CCCCNC(=O)C(C)N(Cc1ccc(Cl)cc1Cl)C(=O)CN(c1ccccc1Cl)S(=O)(=O)c1ccccc1. The third-order valence-electron chi connectivity index (χ3n) is 6.08. The van der Waals surface area contributed by atoms with Crippen molar-refractivity contribution < 1.29 is 18.0 Å². The van der Waals surface area contributed by atoms with E-state index in [1.165, 1.54) is 23.1 Å². The van der Waals surface area contributed by atoms with Crippen LogP contribution in [0.15, 0.2) is 77.7 Å². The molecule has 7 nitrogen and oxygen atoms in total. The molecule has 11 heteroatoms. The van der Waals surface area contributed by atoms with Crippen LogP contribution in [-0.4, -0.2) is 44.3 Å². The second kappa shape index (κ2) is 14.0. The van der Waals surface area contributed by atoms with E-state index in [9.17, 15) is 18.0 Å². The van der Waals surface area contributed by atoms with Gasteiger partial charge in [0, 0.05) is 23.1 Å². The van der Waals surface area contributed by atoms with E-state index in [0.717, 1.165) is 17.1 Å². The molecule has 0 saturated carbocycles. The standard InChI is InChI=1S/C28H30Cl3N3O4S/c1-3-4-16-32-28(36)20(2)33(18-21-14-15-22(29)17-25(21)31)27(35)19-34(26-13-9-8-12-24(26)30)39(37,38)23-10-6-5-7-11-23/h5-15,17,20H,3-4,16,18-19H2,1-2H3,(H,32,36). The highest BCUT2D eigenvalue weighted by Crippen LogP contribution is 2.31. The Hall–Kier alpha value is -2.78. The maximum atomic E-state index is 13.9. The summed E-state index contributed by atoms with van der Waals surface area (Å²) >= 11 is 18.8. The quantitative estimate of drug-likeness (QED) is 0.248. The molecule has 0 spiro atoms. The van der Waals surface area contributed by atoms with Crippen molar-refractivity contribution in [1.82, 2.24) is 10.2 Å². The van der Waals surface area contributed by atoms with Crippen LogP contribution in [0.5, 0.6) is 0 Å². The molecule has 0 heterocycles. The third-order valence-corrected chi connectivity index (χ3v) is 8.76. The molecular formula is C28H30Cl3N3O4S. The van der Waals surface area contributed by atoms with E-state index in [2.05, 4.69) is 5.32 Å². The molecule has 3 aromatic carbocycles. The van der Waals surface area contributed by atoms with Crippen molar-refractivity contribution in [1.29, 1.82) is 0 Å². The molecule has 39 heavy (non-hydrogen) atoms. The zero-order chi connectivity index (χ0) is 28.6. The first-order valence-corrected chi connectivity index (χ1v) is 15.0. The number of nitrogens with zero attached hydrogens (tertiary/aromatic N) is 2. The van der Waals surface area contributed by atoms with E-state index >= 15 is 0 Å². The average molecular weight is 611 g/mol. The van der Waals surface area contributed by atoms with Gasteiger partial charge in [0.2, 0.25) is 11.8 Å². The highest BCUT2D eigenvalue weighted by Gasteiger charge is 2.33. The molecule has 0 bridgehead atoms. The van der Waals surface area contributed by atoms with Crippen LogP contribution in [-0.2, 0) is 26.2 Å². The van der Waals surface area contributed by atoms with E-state index in [0.29, 0.717) is 22.2 Å². The topological polar surface area (TPSA) is 86.8 Å². The number of amides is 2. The fourth-order valence-electron chi connectivity index (χ4n) is 3.84. The van der Waals surface area contributed by atoms with E-state index in [-0.39, 0.29) is 28.1 Å². The summed E-state index contributed by atoms with van der Waals surface area (Å²) in [4.78, 5) is 28.2. The maximum Gasteiger partial charge on any atom is 0.264 e. The van der Waals surface area contributed by atoms with Gasteiger partial charge in [0.15, 0.2) is 0 Å². The van der Waals surface area contributed by atoms with Crippen LogP contribution in [0.3, 0.4) is 0 Å². The first-order valence-electron chi connectivity index (χ1n) is 12.4. The molecule has 0 radical (unpaired) electrons. The number of carbonyl (C=O) groups is 2. The number of sulfonamides is 1. The highest BCUT2D eigenvalue weighted by atomic mass is 35.5. The van der Waals surface area contributed by atoms with Gasteiger partial charge in [0.25, 0.3) is 10.0 Å². The van der Waals surface area contributed by atoms with Crippen LogP contribution >= 0.6 is 34.8 Å². The molecule has 1 atom stereocenters. The summed E-state index contributed by atoms with van der Waals surface area (Å²) in [5.74, 6) is -0.976. The molecule has 2 amide bonds. The minimum absolute atomic E-state index is 0.00428. The number of rotatable bonds is 12. The summed E-state index contributed by atoms with van der Waals surface area (Å²) in [5.41, 5.74) is 0.693. The van der Waals surface area contributed by atoms with Crippen molar-refractivity contribution in [3.8, 4) is 0 Å². The fraction of sp³-hybridized carbons (Fsp3) is 0.286. The van der Waals surface area contributed by atoms with Gasteiger partial charge in [-0.3, -0.25) is 13.9 Å². The smallest absolute Gasteiger partial charge is 0.264 e. The number of unbranched alkanes of at least 4 members (excludes halogenated alkanes) is 1. The molecule has 0 fully saturated rings. The number of hydrogen-bond donors (Lipinski definition) is 1. The number of carbonyl (C=O) groups excluding carboxylic acids is 2. The monoisotopic (exact) mass is 609 g/mol. The highest BCUT2D eigenvalue weighted by molar-refractivity contribution is 7.92. The Kier molecular flexibility index (Phi) is 11.1. The number of hydrogen-bond acceptors (Lipinski definition) is 4. The van der Waals surface area contributed by atoms with Gasteiger partial charge in [0.1, 0.15) is 12.6 Å².